The van der Waals surface area contributed by atoms with E-state index in [-0.39, 0.29) is 23.7 Å². The van der Waals surface area contributed by atoms with Crippen molar-refractivity contribution in [3.63, 3.8) is 0 Å². The van der Waals surface area contributed by atoms with E-state index in [4.69, 9.17) is 5.10 Å². The highest BCUT2D eigenvalue weighted by Gasteiger charge is 2.73. The highest BCUT2D eigenvalue weighted by Crippen LogP contribution is 2.66. The molecule has 0 N–H and O–H groups in total. The Morgan fingerprint density at radius 2 is 1.40 bits per heavy atom. The lowest BCUT2D eigenvalue weighted by atomic mass is 9.51. The molecule has 0 radical (unpaired) electrons. The highest BCUT2D eigenvalue weighted by atomic mass is 127. The first-order valence-corrected chi connectivity index (χ1v) is 12.9. The molecule has 8 rings (SSSR count). The van der Waals surface area contributed by atoms with Gasteiger partial charge < -0.3 is 0 Å². The molecule has 3 aliphatic carbocycles. The van der Waals surface area contributed by atoms with Gasteiger partial charge in [-0.3, -0.25) is 14.3 Å². The van der Waals surface area contributed by atoms with Crippen LogP contribution in [0.2, 0.25) is 0 Å². The minimum Gasteiger partial charge on any atom is -0.274 e. The van der Waals surface area contributed by atoms with Crippen molar-refractivity contribution < 1.29 is 9.59 Å². The van der Waals surface area contributed by atoms with Crippen LogP contribution in [0.4, 0.5) is 5.69 Å². The number of hydrogen-bond donors (Lipinski definition) is 0. The summed E-state index contributed by atoms with van der Waals surface area (Å²) >= 11 is 2.24. The highest BCUT2D eigenvalue weighted by molar-refractivity contribution is 14.1. The number of aromatic nitrogens is 2. The lowest BCUT2D eigenvalue weighted by molar-refractivity contribution is -0.129. The van der Waals surface area contributed by atoms with Crippen LogP contribution in [0.5, 0.6) is 0 Å². The average molecular weight is 571 g/mol. The van der Waals surface area contributed by atoms with Gasteiger partial charge in [-0.05, 0) is 89.0 Å². The Kier molecular flexibility index (Phi) is 4.29. The second-order valence-electron chi connectivity index (χ2n) is 9.77. The van der Waals surface area contributed by atoms with Gasteiger partial charge in [0.25, 0.3) is 5.91 Å². The van der Waals surface area contributed by atoms with Crippen molar-refractivity contribution in [1.82, 2.24) is 9.78 Å². The zero-order valence-corrected chi connectivity index (χ0v) is 21.4. The molecule has 1 aromatic heterocycles. The number of rotatable bonds is 2. The molecule has 3 aromatic carbocycles. The lowest BCUT2D eigenvalue weighted by Crippen LogP contribution is -2.58. The maximum Gasteiger partial charge on any atom is 0.263 e. The number of imide groups is 1. The van der Waals surface area contributed by atoms with E-state index in [2.05, 4.69) is 46.9 Å². The number of benzene rings is 3. The van der Waals surface area contributed by atoms with E-state index in [1.165, 1.54) is 4.90 Å². The molecule has 2 atom stereocenters. The van der Waals surface area contributed by atoms with Crippen molar-refractivity contribution in [2.75, 3.05) is 4.90 Å². The molecule has 2 bridgehead atoms. The third-order valence-electron chi connectivity index (χ3n) is 8.01. The Hall–Kier alpha value is -3.26. The Balaban J connectivity index is 1.60. The molecule has 1 aliphatic heterocycles. The van der Waals surface area contributed by atoms with Crippen LogP contribution in [0.3, 0.4) is 0 Å². The van der Waals surface area contributed by atoms with Crippen LogP contribution in [0, 0.1) is 23.3 Å². The number of halogens is 1. The topological polar surface area (TPSA) is 55.2 Å². The van der Waals surface area contributed by atoms with Gasteiger partial charge in [0.2, 0.25) is 5.91 Å². The van der Waals surface area contributed by atoms with Gasteiger partial charge in [-0.2, -0.15) is 5.10 Å². The molecule has 0 spiro atoms. The molecule has 5 nitrogen and oxygen atoms in total. The summed E-state index contributed by atoms with van der Waals surface area (Å²) in [6.07, 6.45) is 0. The summed E-state index contributed by atoms with van der Waals surface area (Å²) in [5, 5.41) is 4.87. The molecule has 4 aromatic rings. The molecule has 2 unspecified atom stereocenters. The van der Waals surface area contributed by atoms with Crippen molar-refractivity contribution in [1.29, 1.82) is 0 Å². The van der Waals surface area contributed by atoms with Gasteiger partial charge in [0.05, 0.1) is 17.3 Å². The standard InChI is InChI=1S/C29H22IN3O2/c1-16-15-17(2)33(31-16)29-25-22-9-5-3-7-20(22)24(21-8-4-6-10-23(21)25)26(29)27(34)32(28(29)35)19-13-11-18(30)12-14-19/h3-15,24-26H,1-2H3. The number of nitrogens with zero attached hydrogens (tertiary/aromatic N) is 3. The fourth-order valence-corrected chi connectivity index (χ4v) is 7.26. The van der Waals surface area contributed by atoms with Crippen molar-refractivity contribution in [3.05, 3.63) is 116 Å². The SMILES string of the molecule is Cc1cc(C)n(C23C(=O)N(c4ccc(I)cc4)C(=O)C2C2c4ccccc4C3c3ccccc32)n1. The predicted molar refractivity (Wildman–Crippen MR) is 141 cm³/mol. The number of carbonyl (C=O) groups excluding carboxylic acids is 2. The Morgan fingerprint density at radius 3 is 1.94 bits per heavy atom. The van der Waals surface area contributed by atoms with Gasteiger partial charge in [-0.15, -0.1) is 0 Å². The van der Waals surface area contributed by atoms with Crippen LogP contribution >= 0.6 is 22.6 Å². The molecule has 35 heavy (non-hydrogen) atoms. The zero-order valence-electron chi connectivity index (χ0n) is 19.3. The molecule has 4 aliphatic rings. The first kappa shape index (κ1) is 21.1. The lowest BCUT2D eigenvalue weighted by Gasteiger charge is -2.53. The Morgan fingerprint density at radius 1 is 0.829 bits per heavy atom. The first-order valence-electron chi connectivity index (χ1n) is 11.8. The second kappa shape index (κ2) is 7.13. The van der Waals surface area contributed by atoms with Crippen LogP contribution in [-0.2, 0) is 15.1 Å². The Bertz CT molecular complexity index is 1510. The molecule has 2 amide bonds. The third kappa shape index (κ3) is 2.50. The number of anilines is 1. The normalized spacial score (nSPS) is 26.0. The molecule has 1 fully saturated rings. The molecule has 2 heterocycles. The van der Waals surface area contributed by atoms with Gasteiger partial charge in [-0.25, -0.2) is 4.90 Å². The number of hydrogen-bond acceptors (Lipinski definition) is 3. The van der Waals surface area contributed by atoms with E-state index >= 15 is 0 Å². The molecule has 0 saturated carbocycles. The van der Waals surface area contributed by atoms with Gasteiger partial charge in [0.15, 0.2) is 5.54 Å². The van der Waals surface area contributed by atoms with Gasteiger partial charge in [-0.1, -0.05) is 48.5 Å². The van der Waals surface area contributed by atoms with Crippen molar-refractivity contribution >= 4 is 40.1 Å². The van der Waals surface area contributed by atoms with E-state index in [1.54, 1.807) is 0 Å². The van der Waals surface area contributed by atoms with E-state index in [0.29, 0.717) is 5.69 Å². The van der Waals surface area contributed by atoms with Crippen LogP contribution in [0.25, 0.3) is 0 Å². The third-order valence-corrected chi connectivity index (χ3v) is 8.73. The Labute approximate surface area is 216 Å². The fraction of sp³-hybridized carbons (Fsp3) is 0.207. The average Bonchev–Trinajstić information content (AvgIpc) is 3.33. The second-order valence-corrected chi connectivity index (χ2v) is 11.0. The summed E-state index contributed by atoms with van der Waals surface area (Å²) in [4.78, 5) is 30.6. The monoisotopic (exact) mass is 571 g/mol. The van der Waals surface area contributed by atoms with Gasteiger partial charge in [0.1, 0.15) is 0 Å². The van der Waals surface area contributed by atoms with Crippen LogP contribution in [-0.4, -0.2) is 21.6 Å². The summed E-state index contributed by atoms with van der Waals surface area (Å²) < 4.78 is 2.93. The summed E-state index contributed by atoms with van der Waals surface area (Å²) in [6, 6.07) is 26.2. The van der Waals surface area contributed by atoms with Crippen LogP contribution in [0.1, 0.15) is 45.5 Å². The molecule has 6 heteroatoms. The van der Waals surface area contributed by atoms with Crippen molar-refractivity contribution in [2.24, 2.45) is 5.92 Å². The number of carbonyl (C=O) groups is 2. The largest absolute Gasteiger partial charge is 0.274 e. The van der Waals surface area contributed by atoms with Crippen LogP contribution in [0.15, 0.2) is 78.9 Å². The van der Waals surface area contributed by atoms with Crippen molar-refractivity contribution in [3.8, 4) is 0 Å². The molecule has 172 valence electrons. The van der Waals surface area contributed by atoms with E-state index < -0.39 is 11.5 Å². The fourth-order valence-electron chi connectivity index (χ4n) is 6.90. The van der Waals surface area contributed by atoms with Gasteiger partial charge >= 0.3 is 0 Å². The molecular weight excluding hydrogens is 549 g/mol. The number of amides is 2. The minimum absolute atomic E-state index is 0.150. The summed E-state index contributed by atoms with van der Waals surface area (Å²) in [5.74, 6) is -1.46. The van der Waals surface area contributed by atoms with Crippen LogP contribution < -0.4 is 4.90 Å². The summed E-state index contributed by atoms with van der Waals surface area (Å²) in [7, 11) is 0. The minimum atomic E-state index is -1.16. The first-order chi connectivity index (χ1) is 16.9. The molecule has 1 saturated heterocycles. The number of aryl methyl sites for hydroxylation is 2. The maximum absolute atomic E-state index is 14.8. The van der Waals surface area contributed by atoms with E-state index in [9.17, 15) is 9.59 Å². The summed E-state index contributed by atoms with van der Waals surface area (Å²) in [6.45, 7) is 3.92. The van der Waals surface area contributed by atoms with Crippen molar-refractivity contribution in [2.45, 2.75) is 31.2 Å². The van der Waals surface area contributed by atoms with Gasteiger partial charge in [0, 0.05) is 21.1 Å². The van der Waals surface area contributed by atoms with E-state index in [1.807, 2.05) is 73.1 Å². The smallest absolute Gasteiger partial charge is 0.263 e. The predicted octanol–water partition coefficient (Wildman–Crippen LogP) is 5.28. The quantitative estimate of drug-likeness (QED) is 0.243. The van der Waals surface area contributed by atoms with E-state index in [0.717, 1.165) is 37.2 Å². The maximum atomic E-state index is 14.8. The zero-order chi connectivity index (χ0) is 24.1. The molecular formula is C29H22IN3O2. The summed E-state index contributed by atoms with van der Waals surface area (Å²) in [5.41, 5.74) is 5.70.